The zero-order chi connectivity index (χ0) is 13.0. The average molecular weight is 240 g/mol. The molecule has 0 radical (unpaired) electrons. The lowest BCUT2D eigenvalue weighted by molar-refractivity contribution is 0.235. The van der Waals surface area contributed by atoms with Crippen LogP contribution in [0.3, 0.4) is 0 Å². The number of benzene rings is 1. The smallest absolute Gasteiger partial charge is 0.112 e. The lowest BCUT2D eigenvalue weighted by atomic mass is 9.88. The average Bonchev–Trinajstić information content (AvgIpc) is 2.37. The minimum absolute atomic E-state index is 0.0428. The Labute approximate surface area is 109 Å². The molecule has 1 heterocycles. The number of rotatable bonds is 2. The summed E-state index contributed by atoms with van der Waals surface area (Å²) in [6.45, 7) is 6.54. The highest BCUT2D eigenvalue weighted by Crippen LogP contribution is 2.33. The maximum Gasteiger partial charge on any atom is 0.112 e. The van der Waals surface area contributed by atoms with Gasteiger partial charge in [0.15, 0.2) is 0 Å². The van der Waals surface area contributed by atoms with Crippen molar-refractivity contribution >= 4 is 6.08 Å². The summed E-state index contributed by atoms with van der Waals surface area (Å²) in [7, 11) is 0. The number of allylic oxidation sites excluding steroid dienone is 4. The second-order valence-corrected chi connectivity index (χ2v) is 5.54. The van der Waals surface area contributed by atoms with Gasteiger partial charge in [-0.05, 0) is 23.6 Å². The largest absolute Gasteiger partial charge is 0.469 e. The lowest BCUT2D eigenvalue weighted by Crippen LogP contribution is -2.14. The minimum atomic E-state index is 0.0428. The van der Waals surface area contributed by atoms with E-state index in [9.17, 15) is 0 Å². The molecule has 0 spiro atoms. The Morgan fingerprint density at radius 3 is 2.44 bits per heavy atom. The lowest BCUT2D eigenvalue weighted by Gasteiger charge is -2.26. The molecular weight excluding hydrogens is 220 g/mol. The van der Waals surface area contributed by atoms with Crippen LogP contribution in [0.2, 0.25) is 0 Å². The van der Waals surface area contributed by atoms with Crippen LogP contribution in [0.15, 0.2) is 60.1 Å². The summed E-state index contributed by atoms with van der Waals surface area (Å²) in [5.74, 6) is 1.07. The molecule has 0 N–H and O–H groups in total. The van der Waals surface area contributed by atoms with Gasteiger partial charge in [-0.3, -0.25) is 0 Å². The van der Waals surface area contributed by atoms with Crippen LogP contribution in [0, 0.1) is 5.41 Å². The Balaban J connectivity index is 2.25. The normalized spacial score (nSPS) is 16.2. The van der Waals surface area contributed by atoms with Crippen LogP contribution in [0.25, 0.3) is 6.08 Å². The van der Waals surface area contributed by atoms with Gasteiger partial charge in [-0.15, -0.1) is 0 Å². The molecule has 0 bridgehead atoms. The van der Waals surface area contributed by atoms with Crippen molar-refractivity contribution in [2.45, 2.75) is 27.2 Å². The Morgan fingerprint density at radius 1 is 1.06 bits per heavy atom. The molecule has 0 unspecified atom stereocenters. The molecule has 0 aromatic heterocycles. The number of hydrogen-bond acceptors (Lipinski definition) is 1. The van der Waals surface area contributed by atoms with E-state index in [1.807, 2.05) is 6.07 Å². The molecule has 0 aliphatic carbocycles. The minimum Gasteiger partial charge on any atom is -0.469 e. The van der Waals surface area contributed by atoms with E-state index in [-0.39, 0.29) is 5.41 Å². The highest BCUT2D eigenvalue weighted by Gasteiger charge is 2.22. The van der Waals surface area contributed by atoms with Gasteiger partial charge in [0.1, 0.15) is 5.76 Å². The summed E-state index contributed by atoms with van der Waals surface area (Å²) >= 11 is 0. The summed E-state index contributed by atoms with van der Waals surface area (Å²) in [5, 5.41) is 0. The summed E-state index contributed by atoms with van der Waals surface area (Å²) in [6, 6.07) is 10.3. The molecule has 18 heavy (non-hydrogen) atoms. The third kappa shape index (κ3) is 3.13. The first-order valence-corrected chi connectivity index (χ1v) is 6.36. The number of ether oxygens (including phenoxy) is 1. The van der Waals surface area contributed by atoms with Gasteiger partial charge in [0, 0.05) is 5.41 Å². The van der Waals surface area contributed by atoms with Crippen molar-refractivity contribution in [3.8, 4) is 0 Å². The first-order chi connectivity index (χ1) is 8.57. The van der Waals surface area contributed by atoms with Crippen LogP contribution in [0.1, 0.15) is 32.8 Å². The van der Waals surface area contributed by atoms with Gasteiger partial charge in [-0.2, -0.15) is 0 Å². The van der Waals surface area contributed by atoms with Gasteiger partial charge in [0.25, 0.3) is 0 Å². The van der Waals surface area contributed by atoms with E-state index in [2.05, 4.69) is 63.3 Å². The molecule has 1 heteroatoms. The van der Waals surface area contributed by atoms with Crippen molar-refractivity contribution in [2.24, 2.45) is 5.41 Å². The van der Waals surface area contributed by atoms with Crippen molar-refractivity contribution in [2.75, 3.05) is 0 Å². The molecular formula is C17H20O. The molecule has 0 saturated carbocycles. The maximum atomic E-state index is 5.69. The van der Waals surface area contributed by atoms with Crippen molar-refractivity contribution in [1.29, 1.82) is 0 Å². The maximum absolute atomic E-state index is 5.69. The first kappa shape index (κ1) is 12.7. The number of hydrogen-bond donors (Lipinski definition) is 0. The SMILES string of the molecule is CC(C)(C)C1=C(C=Cc2ccccc2)CC=CO1. The van der Waals surface area contributed by atoms with Crippen LogP contribution in [-0.4, -0.2) is 0 Å². The van der Waals surface area contributed by atoms with Gasteiger partial charge in [0.05, 0.1) is 6.26 Å². The van der Waals surface area contributed by atoms with Crippen LogP contribution in [0.4, 0.5) is 0 Å². The Kier molecular flexibility index (Phi) is 3.71. The van der Waals surface area contributed by atoms with Crippen molar-refractivity contribution in [3.05, 3.63) is 65.6 Å². The van der Waals surface area contributed by atoms with Gasteiger partial charge in [0.2, 0.25) is 0 Å². The topological polar surface area (TPSA) is 9.23 Å². The molecule has 1 nitrogen and oxygen atoms in total. The molecule has 1 aliphatic rings. The summed E-state index contributed by atoms with van der Waals surface area (Å²) in [6.07, 6.45) is 9.10. The Morgan fingerprint density at radius 2 is 1.78 bits per heavy atom. The van der Waals surface area contributed by atoms with E-state index >= 15 is 0 Å². The monoisotopic (exact) mass is 240 g/mol. The predicted octanol–water partition coefficient (Wildman–Crippen LogP) is 4.93. The highest BCUT2D eigenvalue weighted by atomic mass is 16.5. The molecule has 0 fully saturated rings. The second-order valence-electron chi connectivity index (χ2n) is 5.54. The first-order valence-electron chi connectivity index (χ1n) is 6.36. The van der Waals surface area contributed by atoms with Crippen LogP contribution >= 0.6 is 0 Å². The zero-order valence-electron chi connectivity index (χ0n) is 11.3. The van der Waals surface area contributed by atoms with Crippen LogP contribution < -0.4 is 0 Å². The Hall–Kier alpha value is -1.76. The quantitative estimate of drug-likeness (QED) is 0.712. The van der Waals surface area contributed by atoms with E-state index in [4.69, 9.17) is 4.74 Å². The highest BCUT2D eigenvalue weighted by molar-refractivity contribution is 5.53. The fraction of sp³-hybridized carbons (Fsp3) is 0.294. The van der Waals surface area contributed by atoms with Gasteiger partial charge < -0.3 is 4.74 Å². The van der Waals surface area contributed by atoms with E-state index in [1.165, 1.54) is 11.1 Å². The molecule has 1 aromatic rings. The van der Waals surface area contributed by atoms with Crippen molar-refractivity contribution < 1.29 is 4.74 Å². The molecule has 0 amide bonds. The summed E-state index contributed by atoms with van der Waals surface area (Å²) < 4.78 is 5.69. The third-order valence-corrected chi connectivity index (χ3v) is 2.87. The van der Waals surface area contributed by atoms with Crippen molar-refractivity contribution in [1.82, 2.24) is 0 Å². The Bertz CT molecular complexity index is 484. The van der Waals surface area contributed by atoms with E-state index in [1.54, 1.807) is 6.26 Å². The summed E-state index contributed by atoms with van der Waals surface area (Å²) in [4.78, 5) is 0. The van der Waals surface area contributed by atoms with Gasteiger partial charge in [-0.1, -0.05) is 63.3 Å². The predicted molar refractivity (Wildman–Crippen MR) is 76.8 cm³/mol. The van der Waals surface area contributed by atoms with Crippen LogP contribution in [-0.2, 0) is 4.74 Å². The van der Waals surface area contributed by atoms with Crippen LogP contribution in [0.5, 0.6) is 0 Å². The van der Waals surface area contributed by atoms with Gasteiger partial charge in [-0.25, -0.2) is 0 Å². The molecule has 2 rings (SSSR count). The van der Waals surface area contributed by atoms with Crippen molar-refractivity contribution in [3.63, 3.8) is 0 Å². The fourth-order valence-electron chi connectivity index (χ4n) is 2.02. The van der Waals surface area contributed by atoms with E-state index in [0.717, 1.165) is 12.2 Å². The molecule has 1 aliphatic heterocycles. The third-order valence-electron chi connectivity index (χ3n) is 2.87. The van der Waals surface area contributed by atoms with Gasteiger partial charge >= 0.3 is 0 Å². The van der Waals surface area contributed by atoms with E-state index < -0.39 is 0 Å². The zero-order valence-corrected chi connectivity index (χ0v) is 11.3. The molecule has 1 aromatic carbocycles. The molecule has 94 valence electrons. The van der Waals surface area contributed by atoms with E-state index in [0.29, 0.717) is 0 Å². The fourth-order valence-corrected chi connectivity index (χ4v) is 2.02. The molecule has 0 saturated heterocycles. The molecule has 0 atom stereocenters. The standard InChI is InChI=1S/C17H20O/c1-17(2,3)16-15(10-7-13-18-16)12-11-14-8-5-4-6-9-14/h4-9,11-13H,10H2,1-3H3. The summed E-state index contributed by atoms with van der Waals surface area (Å²) in [5.41, 5.74) is 2.52. The second kappa shape index (κ2) is 5.26.